The summed E-state index contributed by atoms with van der Waals surface area (Å²) in [5, 5.41) is 8.94. The number of anilines is 1. The van der Waals surface area contributed by atoms with Crippen LogP contribution in [0.5, 0.6) is 0 Å². The lowest BCUT2D eigenvalue weighted by atomic mass is 10.0. The summed E-state index contributed by atoms with van der Waals surface area (Å²) >= 11 is 0. The minimum atomic E-state index is 0.280. The first-order valence-electron chi connectivity index (χ1n) is 8.47. The number of fused-ring (bicyclic) bond motifs is 1. The van der Waals surface area contributed by atoms with Crippen molar-refractivity contribution in [2.75, 3.05) is 31.6 Å². The first-order chi connectivity index (χ1) is 12.3. The van der Waals surface area contributed by atoms with Crippen molar-refractivity contribution in [3.05, 3.63) is 47.9 Å². The summed E-state index contributed by atoms with van der Waals surface area (Å²) < 4.78 is 7.03. The average molecular weight is 338 g/mol. The fourth-order valence-electron chi connectivity index (χ4n) is 3.34. The SMILES string of the molecule is COCc1nc(N2CCNC(c3ccccc3)C2)c2cnn(C)c2n1. The molecule has 3 heterocycles. The van der Waals surface area contributed by atoms with Crippen LogP contribution in [0.25, 0.3) is 11.0 Å². The number of hydrogen-bond donors (Lipinski definition) is 1. The van der Waals surface area contributed by atoms with Crippen LogP contribution >= 0.6 is 0 Å². The fraction of sp³-hybridized carbons (Fsp3) is 0.389. The van der Waals surface area contributed by atoms with Crippen LogP contribution < -0.4 is 10.2 Å². The summed E-state index contributed by atoms with van der Waals surface area (Å²) in [5.41, 5.74) is 2.13. The lowest BCUT2D eigenvalue weighted by Crippen LogP contribution is -2.46. The van der Waals surface area contributed by atoms with Crippen LogP contribution in [-0.4, -0.2) is 46.5 Å². The zero-order chi connectivity index (χ0) is 17.2. The molecule has 25 heavy (non-hydrogen) atoms. The number of benzene rings is 1. The molecule has 1 N–H and O–H groups in total. The summed E-state index contributed by atoms with van der Waals surface area (Å²) in [6.07, 6.45) is 1.85. The van der Waals surface area contributed by atoms with E-state index in [1.807, 2.05) is 19.3 Å². The Bertz CT molecular complexity index is 863. The van der Waals surface area contributed by atoms with Gasteiger partial charge in [-0.25, -0.2) is 9.97 Å². The Kier molecular flexibility index (Phi) is 4.33. The van der Waals surface area contributed by atoms with Crippen molar-refractivity contribution in [2.24, 2.45) is 7.05 Å². The summed E-state index contributed by atoms with van der Waals surface area (Å²) in [7, 11) is 3.56. The highest BCUT2D eigenvalue weighted by Crippen LogP contribution is 2.27. The largest absolute Gasteiger partial charge is 0.377 e. The highest BCUT2D eigenvalue weighted by molar-refractivity contribution is 5.87. The van der Waals surface area contributed by atoms with Crippen molar-refractivity contribution in [1.82, 2.24) is 25.1 Å². The van der Waals surface area contributed by atoms with E-state index >= 15 is 0 Å². The second-order valence-electron chi connectivity index (χ2n) is 6.27. The molecular formula is C18H22N6O. The van der Waals surface area contributed by atoms with E-state index in [-0.39, 0.29) is 6.04 Å². The van der Waals surface area contributed by atoms with Gasteiger partial charge in [0, 0.05) is 39.8 Å². The molecule has 0 aliphatic carbocycles. The second-order valence-corrected chi connectivity index (χ2v) is 6.27. The van der Waals surface area contributed by atoms with Crippen LogP contribution in [0.3, 0.4) is 0 Å². The molecule has 1 atom stereocenters. The number of aryl methyl sites for hydroxylation is 1. The first kappa shape index (κ1) is 16.0. The van der Waals surface area contributed by atoms with Crippen molar-refractivity contribution < 1.29 is 4.74 Å². The summed E-state index contributed by atoms with van der Waals surface area (Å²) in [4.78, 5) is 11.7. The van der Waals surface area contributed by atoms with E-state index in [0.717, 1.165) is 36.5 Å². The standard InChI is InChI=1S/C18H22N6O/c1-23-17-14(10-20-23)18(22-16(21-17)12-25-2)24-9-8-19-15(11-24)13-6-4-3-5-7-13/h3-7,10,15,19H,8-9,11-12H2,1-2H3. The van der Waals surface area contributed by atoms with Gasteiger partial charge in [-0.15, -0.1) is 0 Å². The number of nitrogens with one attached hydrogen (secondary N) is 1. The highest BCUT2D eigenvalue weighted by atomic mass is 16.5. The van der Waals surface area contributed by atoms with Gasteiger partial charge in [0.25, 0.3) is 0 Å². The minimum Gasteiger partial charge on any atom is -0.377 e. The average Bonchev–Trinajstić information content (AvgIpc) is 3.03. The summed E-state index contributed by atoms with van der Waals surface area (Å²) in [6.45, 7) is 3.06. The van der Waals surface area contributed by atoms with Crippen LogP contribution in [0.4, 0.5) is 5.82 Å². The fourth-order valence-corrected chi connectivity index (χ4v) is 3.34. The Balaban J connectivity index is 1.70. The molecule has 2 aromatic heterocycles. The minimum absolute atomic E-state index is 0.280. The molecule has 7 heteroatoms. The summed E-state index contributed by atoms with van der Waals surface area (Å²) in [5.74, 6) is 1.62. The van der Waals surface area contributed by atoms with Crippen LogP contribution in [0.2, 0.25) is 0 Å². The monoisotopic (exact) mass is 338 g/mol. The third kappa shape index (κ3) is 3.08. The molecule has 4 rings (SSSR count). The quantitative estimate of drug-likeness (QED) is 0.780. The second kappa shape index (κ2) is 6.78. The van der Waals surface area contributed by atoms with Crippen LogP contribution in [-0.2, 0) is 18.4 Å². The van der Waals surface area contributed by atoms with Crippen molar-refractivity contribution in [1.29, 1.82) is 0 Å². The lowest BCUT2D eigenvalue weighted by Gasteiger charge is -2.35. The number of nitrogens with zero attached hydrogens (tertiary/aromatic N) is 5. The number of methoxy groups -OCH3 is 1. The van der Waals surface area contributed by atoms with E-state index in [4.69, 9.17) is 9.72 Å². The Morgan fingerprint density at radius 1 is 1.24 bits per heavy atom. The lowest BCUT2D eigenvalue weighted by molar-refractivity contribution is 0.178. The van der Waals surface area contributed by atoms with Gasteiger partial charge in [0.1, 0.15) is 12.4 Å². The van der Waals surface area contributed by atoms with Crippen LogP contribution in [0, 0.1) is 0 Å². The molecule has 1 aromatic carbocycles. The van der Waals surface area contributed by atoms with Gasteiger partial charge in [0.15, 0.2) is 11.5 Å². The zero-order valence-electron chi connectivity index (χ0n) is 14.5. The van der Waals surface area contributed by atoms with Gasteiger partial charge in [0.2, 0.25) is 0 Å². The Labute approximate surface area is 146 Å². The molecule has 0 spiro atoms. The normalized spacial score (nSPS) is 18.0. The predicted molar refractivity (Wildman–Crippen MR) is 96.4 cm³/mol. The Hall–Kier alpha value is -2.51. The molecule has 7 nitrogen and oxygen atoms in total. The van der Waals surface area contributed by atoms with Gasteiger partial charge in [-0.3, -0.25) is 4.68 Å². The first-order valence-corrected chi connectivity index (χ1v) is 8.47. The molecular weight excluding hydrogens is 316 g/mol. The van der Waals surface area contributed by atoms with Gasteiger partial charge >= 0.3 is 0 Å². The zero-order valence-corrected chi connectivity index (χ0v) is 14.5. The molecule has 3 aromatic rings. The number of ether oxygens (including phenoxy) is 1. The topological polar surface area (TPSA) is 68.1 Å². The molecule has 1 saturated heterocycles. The van der Waals surface area contributed by atoms with Crippen molar-refractivity contribution in [3.63, 3.8) is 0 Å². The molecule has 0 radical (unpaired) electrons. The number of aromatic nitrogens is 4. The maximum absolute atomic E-state index is 5.24. The van der Waals surface area contributed by atoms with Gasteiger partial charge in [0.05, 0.1) is 11.6 Å². The third-order valence-electron chi connectivity index (χ3n) is 4.57. The number of rotatable bonds is 4. The molecule has 0 bridgehead atoms. The van der Waals surface area contributed by atoms with Gasteiger partial charge < -0.3 is 15.0 Å². The Morgan fingerprint density at radius 2 is 2.08 bits per heavy atom. The van der Waals surface area contributed by atoms with E-state index in [9.17, 15) is 0 Å². The molecule has 1 unspecified atom stereocenters. The molecule has 1 fully saturated rings. The van der Waals surface area contributed by atoms with Crippen LogP contribution in [0.15, 0.2) is 36.5 Å². The third-order valence-corrected chi connectivity index (χ3v) is 4.57. The van der Waals surface area contributed by atoms with Gasteiger partial charge in [-0.05, 0) is 5.56 Å². The van der Waals surface area contributed by atoms with Crippen LogP contribution in [0.1, 0.15) is 17.4 Å². The van der Waals surface area contributed by atoms with Crippen molar-refractivity contribution in [3.8, 4) is 0 Å². The highest BCUT2D eigenvalue weighted by Gasteiger charge is 2.24. The molecule has 0 saturated carbocycles. The molecule has 130 valence electrons. The van der Waals surface area contributed by atoms with E-state index < -0.39 is 0 Å². The maximum atomic E-state index is 5.24. The molecule has 1 aliphatic rings. The predicted octanol–water partition coefficient (Wildman–Crippen LogP) is 1.66. The number of hydrogen-bond acceptors (Lipinski definition) is 6. The van der Waals surface area contributed by atoms with E-state index in [0.29, 0.717) is 12.4 Å². The van der Waals surface area contributed by atoms with Crippen molar-refractivity contribution >= 4 is 16.9 Å². The smallest absolute Gasteiger partial charge is 0.163 e. The van der Waals surface area contributed by atoms with Gasteiger partial charge in [-0.1, -0.05) is 30.3 Å². The van der Waals surface area contributed by atoms with Crippen molar-refractivity contribution in [2.45, 2.75) is 12.6 Å². The number of piperazine rings is 1. The van der Waals surface area contributed by atoms with E-state index in [1.54, 1.807) is 11.8 Å². The van der Waals surface area contributed by atoms with Gasteiger partial charge in [-0.2, -0.15) is 5.10 Å². The molecule has 0 amide bonds. The van der Waals surface area contributed by atoms with E-state index in [1.165, 1.54) is 5.56 Å². The maximum Gasteiger partial charge on any atom is 0.163 e. The molecule has 1 aliphatic heterocycles. The summed E-state index contributed by atoms with van der Waals surface area (Å²) in [6, 6.07) is 10.8. The van der Waals surface area contributed by atoms with E-state index in [2.05, 4.69) is 44.6 Å². The Morgan fingerprint density at radius 3 is 2.88 bits per heavy atom.